The van der Waals surface area contributed by atoms with Crippen LogP contribution in [0.5, 0.6) is 0 Å². The van der Waals surface area contributed by atoms with Crippen LogP contribution in [0.3, 0.4) is 0 Å². The number of imide groups is 1. The molecule has 2 unspecified atom stereocenters. The van der Waals surface area contributed by atoms with Gasteiger partial charge in [-0.1, -0.05) is 30.3 Å². The summed E-state index contributed by atoms with van der Waals surface area (Å²) in [5.41, 5.74) is 1.17. The highest BCUT2D eigenvalue weighted by Gasteiger charge is 2.51. The smallest absolute Gasteiger partial charge is 0.328 e. The van der Waals surface area contributed by atoms with Crippen LogP contribution in [-0.4, -0.2) is 77.4 Å². The van der Waals surface area contributed by atoms with E-state index in [1.165, 1.54) is 22.4 Å². The van der Waals surface area contributed by atoms with Crippen LogP contribution in [0, 0.1) is 0 Å². The molecule has 128 valence electrons. The highest BCUT2D eigenvalue weighted by Crippen LogP contribution is 2.28. The van der Waals surface area contributed by atoms with Gasteiger partial charge in [-0.15, -0.1) is 0 Å². The molecule has 0 N–H and O–H groups in total. The zero-order valence-corrected chi connectivity index (χ0v) is 14.5. The second-order valence-corrected chi connectivity index (χ2v) is 6.21. The summed E-state index contributed by atoms with van der Waals surface area (Å²) >= 11 is 0. The molecule has 2 aliphatic rings. The van der Waals surface area contributed by atoms with Gasteiger partial charge in [-0.2, -0.15) is 0 Å². The molecule has 0 aliphatic carbocycles. The van der Waals surface area contributed by atoms with E-state index < -0.39 is 12.2 Å². The molecule has 1 aromatic carbocycles. The zero-order chi connectivity index (χ0) is 17.4. The number of amides is 3. The minimum absolute atomic E-state index is 0.197. The lowest BCUT2D eigenvalue weighted by atomic mass is 10.1. The number of hydrogen-bond donors (Lipinski definition) is 0. The Kier molecular flexibility index (Phi) is 4.17. The predicted molar refractivity (Wildman–Crippen MR) is 91.2 cm³/mol. The number of guanidine groups is 1. The molecule has 3 rings (SSSR count). The van der Waals surface area contributed by atoms with Crippen molar-refractivity contribution >= 4 is 17.9 Å². The lowest BCUT2D eigenvalue weighted by Gasteiger charge is -2.40. The van der Waals surface area contributed by atoms with Gasteiger partial charge in [0.05, 0.1) is 0 Å². The third kappa shape index (κ3) is 2.50. The Morgan fingerprint density at radius 2 is 1.83 bits per heavy atom. The predicted octanol–water partition coefficient (Wildman–Crippen LogP) is 1.03. The van der Waals surface area contributed by atoms with Crippen molar-refractivity contribution in [3.63, 3.8) is 0 Å². The second kappa shape index (κ2) is 6.14. The maximum Gasteiger partial charge on any atom is 0.328 e. The molecule has 0 aromatic heterocycles. The van der Waals surface area contributed by atoms with Crippen molar-refractivity contribution in [1.29, 1.82) is 0 Å². The van der Waals surface area contributed by atoms with E-state index in [9.17, 15) is 9.59 Å². The maximum absolute atomic E-state index is 12.6. The number of fused-ring (bicyclic) bond motifs is 1. The van der Waals surface area contributed by atoms with Gasteiger partial charge in [0, 0.05) is 34.2 Å². The van der Waals surface area contributed by atoms with Crippen molar-refractivity contribution in [2.24, 2.45) is 4.99 Å². The topological polar surface area (TPSA) is 59.5 Å². The van der Waals surface area contributed by atoms with Crippen molar-refractivity contribution < 1.29 is 9.59 Å². The van der Waals surface area contributed by atoms with E-state index in [0.717, 1.165) is 5.96 Å². The van der Waals surface area contributed by atoms with Gasteiger partial charge in [-0.3, -0.25) is 9.69 Å². The molecular formula is C17H23N5O2. The Balaban J connectivity index is 1.88. The van der Waals surface area contributed by atoms with Crippen LogP contribution in [0.15, 0.2) is 35.3 Å². The fourth-order valence-electron chi connectivity index (χ4n) is 3.33. The van der Waals surface area contributed by atoms with Gasteiger partial charge in [0.25, 0.3) is 5.91 Å². The average molecular weight is 329 g/mol. The molecule has 7 heteroatoms. The van der Waals surface area contributed by atoms with E-state index in [1.54, 1.807) is 7.05 Å². The molecule has 2 aliphatic heterocycles. The van der Waals surface area contributed by atoms with E-state index >= 15 is 0 Å². The molecular weight excluding hydrogens is 306 g/mol. The van der Waals surface area contributed by atoms with Crippen LogP contribution in [0.1, 0.15) is 12.5 Å². The first kappa shape index (κ1) is 16.3. The molecule has 24 heavy (non-hydrogen) atoms. The second-order valence-electron chi connectivity index (χ2n) is 6.21. The van der Waals surface area contributed by atoms with Crippen LogP contribution in [0.4, 0.5) is 4.79 Å². The first-order valence-electron chi connectivity index (χ1n) is 8.09. The number of urea groups is 1. The summed E-state index contributed by atoms with van der Waals surface area (Å²) in [6.45, 7) is 3.34. The molecule has 1 aromatic rings. The Morgan fingerprint density at radius 3 is 2.46 bits per heavy atom. The Morgan fingerprint density at radius 1 is 1.17 bits per heavy atom. The molecule has 1 fully saturated rings. The fourth-order valence-corrected chi connectivity index (χ4v) is 3.33. The SMILES string of the molecule is CCN1C(N(C)Cc2ccccc2)=NC2C1C(=O)N(C)C(=O)N2C. The van der Waals surface area contributed by atoms with Crippen LogP contribution < -0.4 is 0 Å². The Bertz CT molecular complexity index is 675. The summed E-state index contributed by atoms with van der Waals surface area (Å²) in [5, 5.41) is 0. The number of carbonyl (C=O) groups is 2. The highest BCUT2D eigenvalue weighted by atomic mass is 16.2. The third-order valence-electron chi connectivity index (χ3n) is 4.64. The fraction of sp³-hybridized carbons (Fsp3) is 0.471. The molecule has 7 nitrogen and oxygen atoms in total. The van der Waals surface area contributed by atoms with Crippen LogP contribution in [0.2, 0.25) is 0 Å². The summed E-state index contributed by atoms with van der Waals surface area (Å²) in [6, 6.07) is 9.35. The van der Waals surface area contributed by atoms with Crippen molar-refractivity contribution in [2.45, 2.75) is 25.7 Å². The van der Waals surface area contributed by atoms with Crippen LogP contribution in [-0.2, 0) is 11.3 Å². The summed E-state index contributed by atoms with van der Waals surface area (Å²) in [4.78, 5) is 36.2. The standard InChI is InChI=1S/C17H23N5O2/c1-5-22-13-14(20(3)17(24)21(4)15(13)23)18-16(22)19(2)11-12-9-7-6-8-10-12/h6-10,13-14H,5,11H2,1-4H3. The number of hydrogen-bond acceptors (Lipinski definition) is 5. The lowest BCUT2D eigenvalue weighted by Crippen LogP contribution is -2.64. The largest absolute Gasteiger partial charge is 0.341 e. The normalized spacial score (nSPS) is 23.5. The van der Waals surface area contributed by atoms with Crippen molar-refractivity contribution in [3.8, 4) is 0 Å². The maximum atomic E-state index is 12.6. The quantitative estimate of drug-likeness (QED) is 0.831. The number of benzene rings is 1. The van der Waals surface area contributed by atoms with Gasteiger partial charge in [0.1, 0.15) is 0 Å². The van der Waals surface area contributed by atoms with Crippen molar-refractivity contribution in [2.75, 3.05) is 27.7 Å². The molecule has 0 saturated carbocycles. The van der Waals surface area contributed by atoms with Gasteiger partial charge >= 0.3 is 6.03 Å². The Labute approximate surface area is 142 Å². The molecule has 0 bridgehead atoms. The minimum Gasteiger partial charge on any atom is -0.341 e. The van der Waals surface area contributed by atoms with Crippen LogP contribution >= 0.6 is 0 Å². The monoisotopic (exact) mass is 329 g/mol. The molecule has 2 atom stereocenters. The Hall–Kier alpha value is -2.57. The first-order chi connectivity index (χ1) is 11.5. The van der Waals surface area contributed by atoms with E-state index in [-0.39, 0.29) is 11.9 Å². The highest BCUT2D eigenvalue weighted by molar-refractivity contribution is 6.03. The van der Waals surface area contributed by atoms with E-state index in [4.69, 9.17) is 4.99 Å². The molecule has 2 heterocycles. The molecule has 0 spiro atoms. The number of rotatable bonds is 3. The molecule has 1 saturated heterocycles. The van der Waals surface area contributed by atoms with Gasteiger partial charge in [-0.05, 0) is 12.5 Å². The van der Waals surface area contributed by atoms with E-state index in [1.807, 2.05) is 42.0 Å². The van der Waals surface area contributed by atoms with Gasteiger partial charge < -0.3 is 14.7 Å². The van der Waals surface area contributed by atoms with Crippen LogP contribution in [0.25, 0.3) is 0 Å². The first-order valence-corrected chi connectivity index (χ1v) is 8.09. The minimum atomic E-state index is -0.464. The van der Waals surface area contributed by atoms with E-state index in [0.29, 0.717) is 13.1 Å². The summed E-state index contributed by atoms with van der Waals surface area (Å²) < 4.78 is 0. The molecule has 3 amide bonds. The van der Waals surface area contributed by atoms with Gasteiger partial charge in [0.2, 0.25) is 0 Å². The van der Waals surface area contributed by atoms with Crippen molar-refractivity contribution in [3.05, 3.63) is 35.9 Å². The number of nitrogens with zero attached hydrogens (tertiary/aromatic N) is 5. The zero-order valence-electron chi connectivity index (χ0n) is 14.5. The number of likely N-dealkylation sites (N-methyl/N-ethyl adjacent to an activating group) is 3. The van der Waals surface area contributed by atoms with Crippen molar-refractivity contribution in [1.82, 2.24) is 19.6 Å². The average Bonchev–Trinajstić information content (AvgIpc) is 2.98. The third-order valence-corrected chi connectivity index (χ3v) is 4.64. The lowest BCUT2D eigenvalue weighted by molar-refractivity contribution is -0.136. The summed E-state index contributed by atoms with van der Waals surface area (Å²) in [6.07, 6.45) is -0.464. The van der Waals surface area contributed by atoms with Gasteiger partial charge in [0.15, 0.2) is 18.2 Å². The summed E-state index contributed by atoms with van der Waals surface area (Å²) in [5.74, 6) is 0.552. The number of carbonyl (C=O) groups excluding carboxylic acids is 2. The molecule has 0 radical (unpaired) electrons. The summed E-state index contributed by atoms with van der Waals surface area (Å²) in [7, 11) is 5.18. The van der Waals surface area contributed by atoms with Gasteiger partial charge in [-0.25, -0.2) is 9.79 Å². The number of aliphatic imine (C=N–C) groups is 1. The van der Waals surface area contributed by atoms with E-state index in [2.05, 4.69) is 12.1 Å².